The van der Waals surface area contributed by atoms with Gasteiger partial charge in [-0.25, -0.2) is 0 Å². The van der Waals surface area contributed by atoms with Gasteiger partial charge in [-0.15, -0.1) is 13.2 Å². The highest BCUT2D eigenvalue weighted by Crippen LogP contribution is 2.22. The Morgan fingerprint density at radius 2 is 1.92 bits per heavy atom. The lowest BCUT2D eigenvalue weighted by Crippen LogP contribution is -2.38. The van der Waals surface area contributed by atoms with Crippen LogP contribution in [0.3, 0.4) is 0 Å². The zero-order chi connectivity index (χ0) is 18.9. The van der Waals surface area contributed by atoms with Gasteiger partial charge in [-0.1, -0.05) is 41.7 Å². The first-order valence-electron chi connectivity index (χ1n) is 7.89. The zero-order valence-corrected chi connectivity index (χ0v) is 16.8. The number of aliphatic hydroxyl groups excluding tert-OH is 2. The van der Waals surface area contributed by atoms with E-state index >= 15 is 0 Å². The Morgan fingerprint density at radius 1 is 1.33 bits per heavy atom. The standard InChI is InChI=1S/C18H29IO5/c1-6-12(3)17(13(4)11-19)24-16(22)10-14(20)8-9-18(5,23)15(21)7-2/h6-7,11-12,14-15,17,20-21,23H,1-2,8-10H2,3-5H3/b13-11+/t12-,14+,15-,17-,18+/m0/s1. The average Bonchev–Trinajstić information content (AvgIpc) is 2.55. The predicted molar refractivity (Wildman–Crippen MR) is 104 cm³/mol. The molecule has 0 heterocycles. The number of halogens is 1. The van der Waals surface area contributed by atoms with Crippen LogP contribution in [0.25, 0.3) is 0 Å². The van der Waals surface area contributed by atoms with E-state index in [2.05, 4.69) is 35.7 Å². The van der Waals surface area contributed by atoms with Crippen molar-refractivity contribution in [1.29, 1.82) is 0 Å². The van der Waals surface area contributed by atoms with Gasteiger partial charge in [0.2, 0.25) is 0 Å². The fourth-order valence-electron chi connectivity index (χ4n) is 2.15. The highest BCUT2D eigenvalue weighted by atomic mass is 127. The first-order valence-corrected chi connectivity index (χ1v) is 9.13. The largest absolute Gasteiger partial charge is 0.457 e. The van der Waals surface area contributed by atoms with Crippen molar-refractivity contribution in [3.8, 4) is 0 Å². The summed E-state index contributed by atoms with van der Waals surface area (Å²) < 4.78 is 7.30. The molecule has 0 saturated heterocycles. The summed E-state index contributed by atoms with van der Waals surface area (Å²) in [5.41, 5.74) is -0.490. The molecule has 0 bridgehead atoms. The third-order valence-corrected chi connectivity index (χ3v) is 4.96. The van der Waals surface area contributed by atoms with Crippen molar-refractivity contribution in [2.24, 2.45) is 5.92 Å². The predicted octanol–water partition coefficient (Wildman–Crippen LogP) is 2.89. The summed E-state index contributed by atoms with van der Waals surface area (Å²) in [6, 6.07) is 0. The van der Waals surface area contributed by atoms with Crippen molar-refractivity contribution >= 4 is 28.6 Å². The van der Waals surface area contributed by atoms with Crippen molar-refractivity contribution in [3.05, 3.63) is 35.0 Å². The summed E-state index contributed by atoms with van der Waals surface area (Å²) in [4.78, 5) is 12.0. The van der Waals surface area contributed by atoms with Gasteiger partial charge in [0.25, 0.3) is 0 Å². The van der Waals surface area contributed by atoms with Crippen LogP contribution < -0.4 is 0 Å². The van der Waals surface area contributed by atoms with E-state index in [4.69, 9.17) is 4.74 Å². The molecule has 5 atom stereocenters. The fourth-order valence-corrected chi connectivity index (χ4v) is 2.50. The monoisotopic (exact) mass is 452 g/mol. The van der Waals surface area contributed by atoms with E-state index in [1.165, 1.54) is 13.0 Å². The first kappa shape index (κ1) is 23.3. The highest BCUT2D eigenvalue weighted by molar-refractivity contribution is 14.1. The van der Waals surface area contributed by atoms with Gasteiger partial charge in [-0.2, -0.15) is 0 Å². The maximum Gasteiger partial charge on any atom is 0.309 e. The van der Waals surface area contributed by atoms with E-state index < -0.39 is 29.9 Å². The third kappa shape index (κ3) is 7.92. The van der Waals surface area contributed by atoms with Gasteiger partial charge in [-0.05, 0) is 36.3 Å². The number of carbonyl (C=O) groups is 1. The summed E-state index contributed by atoms with van der Waals surface area (Å²) >= 11 is 2.09. The van der Waals surface area contributed by atoms with Crippen LogP contribution in [0.5, 0.6) is 0 Å². The van der Waals surface area contributed by atoms with E-state index in [0.29, 0.717) is 0 Å². The minimum absolute atomic E-state index is 0.0411. The zero-order valence-electron chi connectivity index (χ0n) is 14.6. The average molecular weight is 452 g/mol. The SMILES string of the molecule is C=C[C@H](C)[C@H](OC(=O)C[C@H](O)CC[C@@](C)(O)[C@@H](O)C=C)/C(C)=C/I. The molecular formula is C18H29IO5. The molecule has 0 unspecified atom stereocenters. The van der Waals surface area contributed by atoms with Crippen LogP contribution in [-0.4, -0.2) is 45.2 Å². The molecule has 0 saturated carbocycles. The Bertz CT molecular complexity index is 458. The normalized spacial score (nSPS) is 19.5. The second-order valence-corrected chi connectivity index (χ2v) is 6.92. The molecule has 0 spiro atoms. The van der Waals surface area contributed by atoms with Gasteiger partial charge < -0.3 is 20.1 Å². The minimum atomic E-state index is -1.40. The van der Waals surface area contributed by atoms with Crippen LogP contribution >= 0.6 is 22.6 Å². The molecule has 24 heavy (non-hydrogen) atoms. The molecule has 0 aliphatic carbocycles. The third-order valence-electron chi connectivity index (χ3n) is 3.98. The van der Waals surface area contributed by atoms with Crippen molar-refractivity contribution in [3.63, 3.8) is 0 Å². The number of esters is 1. The van der Waals surface area contributed by atoms with E-state index in [-0.39, 0.29) is 25.2 Å². The van der Waals surface area contributed by atoms with Crippen LogP contribution in [0.2, 0.25) is 0 Å². The highest BCUT2D eigenvalue weighted by Gasteiger charge is 2.29. The Balaban J connectivity index is 4.59. The molecule has 0 amide bonds. The molecular weight excluding hydrogens is 423 g/mol. The van der Waals surface area contributed by atoms with E-state index in [9.17, 15) is 20.1 Å². The van der Waals surface area contributed by atoms with Crippen LogP contribution in [0, 0.1) is 5.92 Å². The second-order valence-electron chi connectivity index (χ2n) is 6.29. The molecule has 0 aromatic carbocycles. The molecule has 3 N–H and O–H groups in total. The minimum Gasteiger partial charge on any atom is -0.457 e. The number of carbonyl (C=O) groups excluding carboxylic acids is 1. The molecule has 0 fully saturated rings. The molecule has 0 aromatic rings. The lowest BCUT2D eigenvalue weighted by molar-refractivity contribution is -0.151. The second kappa shape index (κ2) is 11.0. The van der Waals surface area contributed by atoms with E-state index in [1.54, 1.807) is 6.08 Å². The molecule has 0 aromatic heterocycles. The van der Waals surface area contributed by atoms with Crippen molar-refractivity contribution in [1.82, 2.24) is 0 Å². The van der Waals surface area contributed by atoms with Crippen molar-refractivity contribution in [2.75, 3.05) is 0 Å². The number of ether oxygens (including phenoxy) is 1. The maximum absolute atomic E-state index is 12.0. The lowest BCUT2D eigenvalue weighted by Gasteiger charge is -2.28. The van der Waals surface area contributed by atoms with E-state index in [0.717, 1.165) is 5.57 Å². The number of hydrogen-bond acceptors (Lipinski definition) is 5. The van der Waals surface area contributed by atoms with Crippen molar-refractivity contribution in [2.45, 2.75) is 63.9 Å². The van der Waals surface area contributed by atoms with Gasteiger partial charge in [0.1, 0.15) is 12.2 Å². The molecule has 6 heteroatoms. The molecule has 0 aliphatic heterocycles. The molecule has 138 valence electrons. The number of rotatable bonds is 11. The summed E-state index contributed by atoms with van der Waals surface area (Å²) in [6.45, 7) is 12.4. The summed E-state index contributed by atoms with van der Waals surface area (Å²) in [5, 5.41) is 29.7. The van der Waals surface area contributed by atoms with Crippen LogP contribution in [0.15, 0.2) is 35.0 Å². The molecule has 0 rings (SSSR count). The number of aliphatic hydroxyl groups is 3. The number of hydrogen-bond donors (Lipinski definition) is 3. The topological polar surface area (TPSA) is 87.0 Å². The van der Waals surface area contributed by atoms with E-state index in [1.807, 2.05) is 17.9 Å². The maximum atomic E-state index is 12.0. The quantitative estimate of drug-likeness (QED) is 0.255. The van der Waals surface area contributed by atoms with Gasteiger partial charge in [0.15, 0.2) is 0 Å². The first-order chi connectivity index (χ1) is 11.1. The van der Waals surface area contributed by atoms with Crippen LogP contribution in [0.4, 0.5) is 0 Å². The summed E-state index contributed by atoms with van der Waals surface area (Å²) in [6.07, 6.45) is 0.617. The Morgan fingerprint density at radius 3 is 2.38 bits per heavy atom. The Kier molecular flexibility index (Phi) is 10.7. The van der Waals surface area contributed by atoms with Crippen LogP contribution in [0.1, 0.15) is 40.0 Å². The summed E-state index contributed by atoms with van der Waals surface area (Å²) in [7, 11) is 0. The molecule has 5 nitrogen and oxygen atoms in total. The van der Waals surface area contributed by atoms with Gasteiger partial charge in [-0.3, -0.25) is 4.79 Å². The Hall–Kier alpha value is -0.700. The lowest BCUT2D eigenvalue weighted by atomic mass is 9.91. The molecule has 0 radical (unpaired) electrons. The summed E-state index contributed by atoms with van der Waals surface area (Å²) in [5.74, 6) is -0.553. The van der Waals surface area contributed by atoms with Gasteiger partial charge in [0.05, 0.1) is 18.1 Å². The van der Waals surface area contributed by atoms with Gasteiger partial charge in [0, 0.05) is 5.92 Å². The Labute approximate surface area is 158 Å². The fraction of sp³-hybridized carbons (Fsp3) is 0.611. The molecule has 0 aliphatic rings. The van der Waals surface area contributed by atoms with Crippen molar-refractivity contribution < 1.29 is 24.9 Å². The van der Waals surface area contributed by atoms with Gasteiger partial charge >= 0.3 is 5.97 Å². The smallest absolute Gasteiger partial charge is 0.309 e. The van der Waals surface area contributed by atoms with Crippen LogP contribution in [-0.2, 0) is 9.53 Å².